The van der Waals surface area contributed by atoms with Gasteiger partial charge in [0.1, 0.15) is 0 Å². The zero-order valence-electron chi connectivity index (χ0n) is 24.0. The lowest BCUT2D eigenvalue weighted by atomic mass is 9.85. The van der Waals surface area contributed by atoms with Crippen LogP contribution in [0, 0.1) is 11.8 Å². The Kier molecular flexibility index (Phi) is 13.4. The molecule has 0 spiro atoms. The van der Waals surface area contributed by atoms with Crippen molar-refractivity contribution in [3.8, 4) is 0 Å². The largest absolute Gasteiger partial charge is 0.481 e. The first-order valence-corrected chi connectivity index (χ1v) is 15.7. The van der Waals surface area contributed by atoms with Crippen LogP contribution >= 0.6 is 0 Å². The summed E-state index contributed by atoms with van der Waals surface area (Å²) in [5.74, 6) is -0.448. The molecule has 1 aliphatic carbocycles. The number of unbranched alkanes of at least 4 members (excludes halogenated alkanes) is 1. The number of aryl methyl sites for hydroxylation is 1. The van der Waals surface area contributed by atoms with Crippen LogP contribution < -0.4 is 0 Å². The minimum Gasteiger partial charge on any atom is -0.481 e. The fraction of sp³-hybridized carbons (Fsp3) is 0.727. The standard InChI is InChI=1S/C33H50O7/c34-29-24-30(40-33-17-9-11-23-38-33)28(27(29)14-6-1-2-7-15-31(35)36)21-20-26(39-32-16-8-10-22-37-32)19-18-25-12-4-3-5-13-25/h1,3-6,12-13,26-30,32-34H,2,7-11,14-24H2,(H,35,36)/t26-,27+,28+,29-,30+,32?,33?/m0/s1. The van der Waals surface area contributed by atoms with Crippen molar-refractivity contribution in [1.29, 1.82) is 0 Å². The smallest absolute Gasteiger partial charge is 0.303 e. The van der Waals surface area contributed by atoms with Crippen LogP contribution in [0.4, 0.5) is 0 Å². The Morgan fingerprint density at radius 3 is 2.42 bits per heavy atom. The molecule has 7 heteroatoms. The second kappa shape index (κ2) is 17.2. The molecule has 40 heavy (non-hydrogen) atoms. The van der Waals surface area contributed by atoms with Gasteiger partial charge in [0, 0.05) is 26.1 Å². The molecule has 0 amide bonds. The molecule has 7 atom stereocenters. The maximum atomic E-state index is 11.1. The first kappa shape index (κ1) is 31.2. The number of hydrogen-bond donors (Lipinski definition) is 2. The van der Waals surface area contributed by atoms with Crippen LogP contribution in [0.1, 0.15) is 95.5 Å². The number of benzene rings is 1. The molecule has 3 aliphatic rings. The molecule has 2 aliphatic heterocycles. The third-order valence-corrected chi connectivity index (χ3v) is 8.70. The van der Waals surface area contributed by atoms with Crippen molar-refractivity contribution in [2.24, 2.45) is 11.8 Å². The van der Waals surface area contributed by atoms with Crippen molar-refractivity contribution >= 4 is 5.97 Å². The zero-order valence-corrected chi connectivity index (χ0v) is 24.0. The van der Waals surface area contributed by atoms with Crippen LogP contribution in [0.25, 0.3) is 0 Å². The molecule has 2 N–H and O–H groups in total. The molecule has 3 fully saturated rings. The number of hydrogen-bond acceptors (Lipinski definition) is 6. The van der Waals surface area contributed by atoms with E-state index in [4.69, 9.17) is 24.1 Å². The summed E-state index contributed by atoms with van der Waals surface area (Å²) in [6.45, 7) is 1.51. The molecular formula is C33H50O7. The van der Waals surface area contributed by atoms with Gasteiger partial charge in [-0.05, 0) is 101 Å². The molecule has 2 heterocycles. The molecule has 2 saturated heterocycles. The normalized spacial score (nSPS) is 30.0. The van der Waals surface area contributed by atoms with E-state index in [2.05, 4.69) is 42.5 Å². The summed E-state index contributed by atoms with van der Waals surface area (Å²) in [5.41, 5.74) is 1.32. The Balaban J connectivity index is 1.39. The van der Waals surface area contributed by atoms with E-state index in [0.29, 0.717) is 12.8 Å². The summed E-state index contributed by atoms with van der Waals surface area (Å²) in [7, 11) is 0. The van der Waals surface area contributed by atoms with Crippen LogP contribution in [-0.2, 0) is 30.2 Å². The molecule has 224 valence electrons. The zero-order chi connectivity index (χ0) is 28.0. The SMILES string of the molecule is O=C(O)CCCC=CC[C@@H]1[C@@H](CC[C@H](CCc2ccccc2)OC2CCCCO2)[C@H](OC2CCCCO2)C[C@@H]1O. The molecule has 1 aromatic carbocycles. The van der Waals surface area contributed by atoms with Crippen molar-refractivity contribution in [1.82, 2.24) is 0 Å². The summed E-state index contributed by atoms with van der Waals surface area (Å²) in [4.78, 5) is 10.8. The molecule has 0 bridgehead atoms. The number of aliphatic hydroxyl groups is 1. The van der Waals surface area contributed by atoms with Gasteiger partial charge in [0.25, 0.3) is 0 Å². The Morgan fingerprint density at radius 2 is 1.73 bits per heavy atom. The average molecular weight is 559 g/mol. The molecule has 0 aromatic heterocycles. The maximum absolute atomic E-state index is 11.1. The average Bonchev–Trinajstić information content (AvgIpc) is 3.26. The molecule has 2 unspecified atom stereocenters. The molecule has 1 saturated carbocycles. The van der Waals surface area contributed by atoms with Crippen molar-refractivity contribution in [2.45, 2.75) is 127 Å². The highest BCUT2D eigenvalue weighted by Gasteiger charge is 2.43. The number of aliphatic carboxylic acids is 1. The summed E-state index contributed by atoms with van der Waals surface area (Å²) in [5, 5.41) is 20.0. The number of allylic oxidation sites excluding steroid dienone is 2. The van der Waals surface area contributed by atoms with Crippen molar-refractivity contribution < 1.29 is 34.0 Å². The quantitative estimate of drug-likeness (QED) is 0.179. The second-order valence-corrected chi connectivity index (χ2v) is 11.8. The molecule has 1 aromatic rings. The maximum Gasteiger partial charge on any atom is 0.303 e. The number of aliphatic hydroxyl groups excluding tert-OH is 1. The minimum atomic E-state index is -0.757. The fourth-order valence-electron chi connectivity index (χ4n) is 6.46. The highest BCUT2D eigenvalue weighted by Crippen LogP contribution is 2.41. The minimum absolute atomic E-state index is 0.0378. The van der Waals surface area contributed by atoms with Crippen LogP contribution in [-0.4, -0.2) is 60.3 Å². The van der Waals surface area contributed by atoms with Gasteiger partial charge < -0.3 is 29.2 Å². The van der Waals surface area contributed by atoms with Gasteiger partial charge >= 0.3 is 5.97 Å². The Hall–Kier alpha value is -1.77. The van der Waals surface area contributed by atoms with Crippen LogP contribution in [0.2, 0.25) is 0 Å². The van der Waals surface area contributed by atoms with Crippen LogP contribution in [0.15, 0.2) is 42.5 Å². The topological polar surface area (TPSA) is 94.5 Å². The van der Waals surface area contributed by atoms with Gasteiger partial charge in [0.15, 0.2) is 12.6 Å². The van der Waals surface area contributed by atoms with Crippen molar-refractivity contribution in [2.75, 3.05) is 13.2 Å². The van der Waals surface area contributed by atoms with Crippen molar-refractivity contribution in [3.05, 3.63) is 48.0 Å². The Bertz CT molecular complexity index is 863. The predicted molar refractivity (Wildman–Crippen MR) is 154 cm³/mol. The van der Waals surface area contributed by atoms with E-state index in [0.717, 1.165) is 90.3 Å². The predicted octanol–water partition coefficient (Wildman–Crippen LogP) is 6.42. The van der Waals surface area contributed by atoms with Gasteiger partial charge in [0.2, 0.25) is 0 Å². The van der Waals surface area contributed by atoms with E-state index in [1.807, 2.05) is 0 Å². The number of rotatable bonds is 16. The van der Waals surface area contributed by atoms with Crippen LogP contribution in [0.5, 0.6) is 0 Å². The van der Waals surface area contributed by atoms with Gasteiger partial charge in [-0.3, -0.25) is 4.79 Å². The van der Waals surface area contributed by atoms with E-state index in [1.54, 1.807) is 0 Å². The lowest BCUT2D eigenvalue weighted by Gasteiger charge is -2.32. The molecular weight excluding hydrogens is 508 g/mol. The Morgan fingerprint density at radius 1 is 0.975 bits per heavy atom. The summed E-state index contributed by atoms with van der Waals surface area (Å²) < 4.78 is 24.9. The van der Waals surface area contributed by atoms with Gasteiger partial charge in [-0.15, -0.1) is 0 Å². The molecule has 7 nitrogen and oxygen atoms in total. The van der Waals surface area contributed by atoms with E-state index >= 15 is 0 Å². The fourth-order valence-corrected chi connectivity index (χ4v) is 6.46. The van der Waals surface area contributed by atoms with Gasteiger partial charge in [-0.2, -0.15) is 0 Å². The molecule has 0 radical (unpaired) electrons. The number of ether oxygens (including phenoxy) is 4. The molecule has 4 rings (SSSR count). The summed E-state index contributed by atoms with van der Waals surface area (Å²) in [6, 6.07) is 10.6. The van der Waals surface area contributed by atoms with Gasteiger partial charge in [0.05, 0.1) is 18.3 Å². The lowest BCUT2D eigenvalue weighted by Crippen LogP contribution is -2.33. The third-order valence-electron chi connectivity index (χ3n) is 8.70. The third kappa shape index (κ3) is 10.6. The second-order valence-electron chi connectivity index (χ2n) is 11.8. The first-order chi connectivity index (χ1) is 19.6. The summed E-state index contributed by atoms with van der Waals surface area (Å²) >= 11 is 0. The lowest BCUT2D eigenvalue weighted by molar-refractivity contribution is -0.200. The van der Waals surface area contributed by atoms with Crippen molar-refractivity contribution in [3.63, 3.8) is 0 Å². The first-order valence-electron chi connectivity index (χ1n) is 15.7. The monoisotopic (exact) mass is 558 g/mol. The van der Waals surface area contributed by atoms with E-state index < -0.39 is 12.1 Å². The van der Waals surface area contributed by atoms with Gasteiger partial charge in [-0.1, -0.05) is 42.5 Å². The van der Waals surface area contributed by atoms with Gasteiger partial charge in [-0.25, -0.2) is 0 Å². The van der Waals surface area contributed by atoms with Crippen LogP contribution in [0.3, 0.4) is 0 Å². The highest BCUT2D eigenvalue weighted by atomic mass is 16.7. The number of carbonyl (C=O) groups is 1. The highest BCUT2D eigenvalue weighted by molar-refractivity contribution is 5.66. The van der Waals surface area contributed by atoms with E-state index in [1.165, 1.54) is 5.56 Å². The summed E-state index contributed by atoms with van der Waals surface area (Å²) in [6.07, 6.45) is 16.5. The number of carboxylic acids is 1. The van der Waals surface area contributed by atoms with E-state index in [-0.39, 0.29) is 43.0 Å². The number of carboxylic acid groups (broad SMARTS) is 1. The Labute approximate surface area is 240 Å². The van der Waals surface area contributed by atoms with E-state index in [9.17, 15) is 9.90 Å².